The van der Waals surface area contributed by atoms with Crippen LogP contribution in [0.15, 0.2) is 53.2 Å². The number of hydrogen-bond acceptors (Lipinski definition) is 1. The number of hydrogen-bond donors (Lipinski definition) is 0. The second-order valence-corrected chi connectivity index (χ2v) is 6.41. The number of unbranched alkanes of at least 4 members (excludes halogenated alkanes) is 4. The van der Waals surface area contributed by atoms with Gasteiger partial charge in [-0.1, -0.05) is 72.4 Å². The molecule has 1 aliphatic heterocycles. The minimum atomic E-state index is 0.199. The molecule has 1 aliphatic rings. The van der Waals surface area contributed by atoms with Crippen molar-refractivity contribution in [1.82, 2.24) is 0 Å². The van der Waals surface area contributed by atoms with Crippen LogP contribution >= 0.6 is 15.9 Å². The summed E-state index contributed by atoms with van der Waals surface area (Å²) in [6.45, 7) is 3.84. The predicted molar refractivity (Wildman–Crippen MR) is 95.2 cm³/mol. The standard InChI is InChI=1S/C19H25BrNO/c1-2-3-4-5-9-14-21(16-17-10-7-6-8-11-17)18(15-20)12-13-19(21)22/h6-8,10-13,15H,2-5,9,14,16H2,1H3/q+1. The molecule has 1 aromatic rings. The highest BCUT2D eigenvalue weighted by Gasteiger charge is 2.42. The van der Waals surface area contributed by atoms with E-state index in [2.05, 4.69) is 35.0 Å². The maximum absolute atomic E-state index is 12.6. The molecule has 0 fully saturated rings. The average Bonchev–Trinajstić information content (AvgIpc) is 2.84. The molecular formula is C19H25BrNO+. The van der Waals surface area contributed by atoms with E-state index in [0.717, 1.165) is 25.2 Å². The van der Waals surface area contributed by atoms with E-state index in [9.17, 15) is 4.79 Å². The largest absolute Gasteiger partial charge is 0.344 e. The van der Waals surface area contributed by atoms with Gasteiger partial charge in [0.05, 0.1) is 6.54 Å². The van der Waals surface area contributed by atoms with Gasteiger partial charge in [-0.3, -0.25) is 0 Å². The van der Waals surface area contributed by atoms with Crippen molar-refractivity contribution in [3.05, 3.63) is 58.7 Å². The van der Waals surface area contributed by atoms with E-state index >= 15 is 0 Å². The molecule has 0 bridgehead atoms. The number of carbonyl (C=O) groups excluding carboxylic acids is 1. The van der Waals surface area contributed by atoms with Gasteiger partial charge in [0.2, 0.25) is 0 Å². The summed E-state index contributed by atoms with van der Waals surface area (Å²) in [5, 5.41) is 0. The average molecular weight is 363 g/mol. The first-order valence-electron chi connectivity index (χ1n) is 8.17. The zero-order valence-corrected chi connectivity index (χ0v) is 14.9. The van der Waals surface area contributed by atoms with Crippen molar-refractivity contribution in [3.63, 3.8) is 0 Å². The predicted octanol–water partition coefficient (Wildman–Crippen LogP) is 5.31. The normalized spacial score (nSPS) is 22.6. The van der Waals surface area contributed by atoms with Crippen LogP contribution in [-0.4, -0.2) is 16.9 Å². The Hall–Kier alpha value is -1.19. The van der Waals surface area contributed by atoms with Crippen molar-refractivity contribution in [3.8, 4) is 0 Å². The van der Waals surface area contributed by atoms with Crippen molar-refractivity contribution in [2.24, 2.45) is 0 Å². The van der Waals surface area contributed by atoms with E-state index in [0.29, 0.717) is 4.48 Å². The summed E-state index contributed by atoms with van der Waals surface area (Å²) in [5.41, 5.74) is 2.27. The Bertz CT molecular complexity index is 550. The van der Waals surface area contributed by atoms with Crippen LogP contribution in [0.3, 0.4) is 0 Å². The maximum Gasteiger partial charge on any atom is 0.344 e. The van der Waals surface area contributed by atoms with E-state index in [1.807, 2.05) is 29.3 Å². The van der Waals surface area contributed by atoms with Gasteiger partial charge < -0.3 is 0 Å². The lowest BCUT2D eigenvalue weighted by molar-refractivity contribution is -0.822. The Labute approximate surface area is 142 Å². The SMILES string of the molecule is CCCCCCC[N+]1(Cc2ccccc2)C(=O)C=CC1=CBr. The van der Waals surface area contributed by atoms with Gasteiger partial charge in [0, 0.05) is 22.7 Å². The molecule has 0 radical (unpaired) electrons. The Morgan fingerprint density at radius 2 is 1.77 bits per heavy atom. The van der Waals surface area contributed by atoms with E-state index in [4.69, 9.17) is 0 Å². The number of quaternary nitrogens is 1. The summed E-state index contributed by atoms with van der Waals surface area (Å²) in [4.78, 5) is 14.5. The molecule has 0 aliphatic carbocycles. The number of amides is 1. The molecule has 1 unspecified atom stereocenters. The van der Waals surface area contributed by atoms with Crippen molar-refractivity contribution < 1.29 is 9.28 Å². The van der Waals surface area contributed by atoms with Gasteiger partial charge in [-0.15, -0.1) is 0 Å². The number of rotatable bonds is 8. The van der Waals surface area contributed by atoms with Gasteiger partial charge in [-0.2, -0.15) is 0 Å². The quantitative estimate of drug-likeness (QED) is 0.452. The highest BCUT2D eigenvalue weighted by Crippen LogP contribution is 2.31. The number of allylic oxidation sites excluding steroid dienone is 1. The molecule has 1 aromatic carbocycles. The van der Waals surface area contributed by atoms with Crippen LogP contribution in [-0.2, 0) is 11.3 Å². The Kier molecular flexibility index (Phi) is 6.59. The number of carbonyl (C=O) groups is 1. The second kappa shape index (κ2) is 8.44. The summed E-state index contributed by atoms with van der Waals surface area (Å²) in [6, 6.07) is 10.3. The number of halogens is 1. The molecule has 0 saturated heterocycles. The first kappa shape index (κ1) is 17.2. The maximum atomic E-state index is 12.6. The lowest BCUT2D eigenvalue weighted by Gasteiger charge is -2.32. The molecule has 1 amide bonds. The van der Waals surface area contributed by atoms with Crippen molar-refractivity contribution in [2.45, 2.75) is 45.6 Å². The minimum Gasteiger partial charge on any atom is -0.226 e. The molecule has 0 N–H and O–H groups in total. The fourth-order valence-corrected chi connectivity index (χ4v) is 3.61. The molecule has 1 atom stereocenters. The monoisotopic (exact) mass is 362 g/mol. The van der Waals surface area contributed by atoms with Gasteiger partial charge in [-0.25, -0.2) is 9.28 Å². The molecule has 22 heavy (non-hydrogen) atoms. The van der Waals surface area contributed by atoms with Gasteiger partial charge in [0.1, 0.15) is 12.2 Å². The lowest BCUT2D eigenvalue weighted by Crippen LogP contribution is -2.48. The van der Waals surface area contributed by atoms with E-state index < -0.39 is 0 Å². The summed E-state index contributed by atoms with van der Waals surface area (Å²) in [6.07, 6.45) is 9.75. The molecule has 0 saturated carbocycles. The Balaban J connectivity index is 2.13. The van der Waals surface area contributed by atoms with Crippen molar-refractivity contribution in [1.29, 1.82) is 0 Å². The summed E-state index contributed by atoms with van der Waals surface area (Å²) in [7, 11) is 0. The van der Waals surface area contributed by atoms with Crippen molar-refractivity contribution in [2.75, 3.05) is 6.54 Å². The van der Waals surface area contributed by atoms with Crippen molar-refractivity contribution >= 4 is 21.8 Å². The third kappa shape index (κ3) is 3.96. The highest BCUT2D eigenvalue weighted by atomic mass is 79.9. The van der Waals surface area contributed by atoms with Gasteiger partial charge in [0.15, 0.2) is 0 Å². The molecule has 1 heterocycles. The third-order valence-electron chi connectivity index (χ3n) is 4.36. The Morgan fingerprint density at radius 3 is 2.45 bits per heavy atom. The van der Waals surface area contributed by atoms with Crippen LogP contribution in [0.5, 0.6) is 0 Å². The van der Waals surface area contributed by atoms with Gasteiger partial charge in [-0.05, 0) is 12.8 Å². The molecule has 3 heteroatoms. The lowest BCUT2D eigenvalue weighted by atomic mass is 10.1. The van der Waals surface area contributed by atoms with Gasteiger partial charge >= 0.3 is 5.91 Å². The van der Waals surface area contributed by atoms with Crippen LogP contribution in [0.4, 0.5) is 0 Å². The molecule has 2 rings (SSSR count). The third-order valence-corrected chi connectivity index (χ3v) is 4.83. The smallest absolute Gasteiger partial charge is 0.226 e. The van der Waals surface area contributed by atoms with Crippen LogP contribution in [0.25, 0.3) is 0 Å². The zero-order chi connectivity index (χ0) is 15.8. The Morgan fingerprint density at radius 1 is 1.05 bits per heavy atom. The summed E-state index contributed by atoms with van der Waals surface area (Å²) >= 11 is 3.45. The zero-order valence-electron chi connectivity index (χ0n) is 13.3. The molecule has 118 valence electrons. The summed E-state index contributed by atoms with van der Waals surface area (Å²) < 4.78 is 0.418. The number of nitrogens with zero attached hydrogens (tertiary/aromatic N) is 1. The first-order chi connectivity index (χ1) is 10.7. The van der Waals surface area contributed by atoms with Crippen LogP contribution in [0.2, 0.25) is 0 Å². The highest BCUT2D eigenvalue weighted by molar-refractivity contribution is 9.11. The summed E-state index contributed by atoms with van der Waals surface area (Å²) in [5.74, 6) is 0.199. The van der Waals surface area contributed by atoms with Gasteiger partial charge in [0.25, 0.3) is 0 Å². The van der Waals surface area contributed by atoms with Crippen LogP contribution in [0, 0.1) is 0 Å². The fraction of sp³-hybridized carbons (Fsp3) is 0.421. The topological polar surface area (TPSA) is 17.1 Å². The first-order valence-corrected chi connectivity index (χ1v) is 9.09. The molecule has 2 nitrogen and oxygen atoms in total. The van der Waals surface area contributed by atoms with Crippen LogP contribution < -0.4 is 0 Å². The fourth-order valence-electron chi connectivity index (χ4n) is 3.07. The number of benzene rings is 1. The second-order valence-electron chi connectivity index (χ2n) is 5.95. The molecular weight excluding hydrogens is 338 g/mol. The van der Waals surface area contributed by atoms with E-state index in [1.165, 1.54) is 31.2 Å². The van der Waals surface area contributed by atoms with E-state index in [1.54, 1.807) is 6.08 Å². The molecule has 0 spiro atoms. The van der Waals surface area contributed by atoms with Crippen LogP contribution in [0.1, 0.15) is 44.6 Å². The minimum absolute atomic E-state index is 0.199. The molecule has 0 aromatic heterocycles. The van der Waals surface area contributed by atoms with E-state index in [-0.39, 0.29) is 5.91 Å².